The lowest BCUT2D eigenvalue weighted by atomic mass is 9.75. The van der Waals surface area contributed by atoms with E-state index in [1.807, 2.05) is 47.0 Å². The number of ether oxygens (including phenoxy) is 1. The fourth-order valence-corrected chi connectivity index (χ4v) is 4.77. The normalized spacial score (nSPS) is 26.6. The summed E-state index contributed by atoms with van der Waals surface area (Å²) in [6.45, 7) is 4.87. The van der Waals surface area contributed by atoms with E-state index in [1.165, 1.54) is 0 Å². The summed E-state index contributed by atoms with van der Waals surface area (Å²) in [7, 11) is 1.91. The van der Waals surface area contributed by atoms with Crippen LogP contribution in [0.3, 0.4) is 0 Å². The van der Waals surface area contributed by atoms with Gasteiger partial charge in [-0.1, -0.05) is 18.2 Å². The predicted octanol–water partition coefficient (Wildman–Crippen LogP) is 1.83. The van der Waals surface area contributed by atoms with Crippen LogP contribution in [0.2, 0.25) is 0 Å². The maximum absolute atomic E-state index is 13.0. The first-order valence-electron chi connectivity index (χ1n) is 10.2. The molecule has 2 fully saturated rings. The molecule has 2 atom stereocenters. The molecule has 1 aromatic carbocycles. The second-order valence-electron chi connectivity index (χ2n) is 8.73. The van der Waals surface area contributed by atoms with Gasteiger partial charge in [0, 0.05) is 50.6 Å². The quantitative estimate of drug-likeness (QED) is 0.807. The molecule has 0 radical (unpaired) electrons. The third kappa shape index (κ3) is 3.65. The monoisotopic (exact) mass is 399 g/mol. The van der Waals surface area contributed by atoms with Gasteiger partial charge in [-0.3, -0.25) is 9.59 Å². The number of piperidine rings is 1. The van der Waals surface area contributed by atoms with Crippen molar-refractivity contribution in [3.63, 3.8) is 0 Å². The van der Waals surface area contributed by atoms with Crippen LogP contribution >= 0.6 is 0 Å². The third-order valence-corrected chi connectivity index (χ3v) is 6.55. The molecule has 7 nitrogen and oxygen atoms in total. The third-order valence-electron chi connectivity index (χ3n) is 6.55. The Hall–Kier alpha value is -2.38. The lowest BCUT2D eigenvalue weighted by molar-refractivity contribution is -0.187. The van der Waals surface area contributed by atoms with Gasteiger partial charge in [0.1, 0.15) is 0 Å². The lowest BCUT2D eigenvalue weighted by Gasteiger charge is -2.51. The number of para-hydroxylation sites is 1. The minimum absolute atomic E-state index is 0.0719. The number of likely N-dealkylation sites (tertiary alicyclic amines) is 1. The zero-order valence-corrected chi connectivity index (χ0v) is 17.3. The Labute approximate surface area is 170 Å². The molecule has 0 unspecified atom stereocenters. The Morgan fingerprint density at radius 1 is 1.24 bits per heavy atom. The van der Waals surface area contributed by atoms with Crippen LogP contribution in [-0.4, -0.2) is 63.3 Å². The average Bonchev–Trinajstić information content (AvgIpc) is 3.01. The fourth-order valence-electron chi connectivity index (χ4n) is 4.77. The SMILES string of the molecule is CC(=O)N1CCC2(CC1)C[C@](C)(O)[C@@H](NC(=O)c1cn(C)c3ccccc13)CO2. The molecule has 1 spiro atoms. The van der Waals surface area contributed by atoms with Gasteiger partial charge in [-0.2, -0.15) is 0 Å². The molecule has 0 saturated carbocycles. The number of hydrogen-bond donors (Lipinski definition) is 2. The fraction of sp³-hybridized carbons (Fsp3) is 0.545. The van der Waals surface area contributed by atoms with Gasteiger partial charge in [0.05, 0.1) is 29.4 Å². The number of carbonyl (C=O) groups is 2. The van der Waals surface area contributed by atoms with Crippen LogP contribution in [0.25, 0.3) is 10.9 Å². The second kappa shape index (κ2) is 7.15. The van der Waals surface area contributed by atoms with E-state index in [1.54, 1.807) is 13.8 Å². The Bertz CT molecular complexity index is 941. The highest BCUT2D eigenvalue weighted by Crippen LogP contribution is 2.39. The van der Waals surface area contributed by atoms with E-state index in [9.17, 15) is 14.7 Å². The highest BCUT2D eigenvalue weighted by atomic mass is 16.5. The molecular weight excluding hydrogens is 370 g/mol. The lowest BCUT2D eigenvalue weighted by Crippen LogP contribution is -2.64. The summed E-state index contributed by atoms with van der Waals surface area (Å²) < 4.78 is 8.12. The molecule has 2 N–H and O–H groups in total. The zero-order chi connectivity index (χ0) is 20.8. The maximum atomic E-state index is 13.0. The molecule has 7 heteroatoms. The molecule has 0 aliphatic carbocycles. The summed E-state index contributed by atoms with van der Waals surface area (Å²) >= 11 is 0. The summed E-state index contributed by atoms with van der Waals surface area (Å²) in [6, 6.07) is 7.27. The largest absolute Gasteiger partial charge is 0.388 e. The minimum Gasteiger partial charge on any atom is -0.388 e. The van der Waals surface area contributed by atoms with E-state index >= 15 is 0 Å². The smallest absolute Gasteiger partial charge is 0.253 e. The van der Waals surface area contributed by atoms with Crippen LogP contribution in [0.1, 0.15) is 43.5 Å². The Morgan fingerprint density at radius 2 is 1.93 bits per heavy atom. The van der Waals surface area contributed by atoms with Crippen molar-refractivity contribution < 1.29 is 19.4 Å². The molecular formula is C22H29N3O4. The van der Waals surface area contributed by atoms with Crippen LogP contribution in [0.4, 0.5) is 0 Å². The van der Waals surface area contributed by atoms with Crippen LogP contribution in [0.15, 0.2) is 30.5 Å². The van der Waals surface area contributed by atoms with E-state index in [-0.39, 0.29) is 18.4 Å². The van der Waals surface area contributed by atoms with Crippen LogP contribution in [0.5, 0.6) is 0 Å². The highest BCUT2D eigenvalue weighted by molar-refractivity contribution is 6.07. The predicted molar refractivity (Wildman–Crippen MR) is 110 cm³/mol. The van der Waals surface area contributed by atoms with Crippen molar-refractivity contribution in [2.75, 3.05) is 19.7 Å². The van der Waals surface area contributed by atoms with Crippen LogP contribution in [-0.2, 0) is 16.6 Å². The first-order chi connectivity index (χ1) is 13.7. The van der Waals surface area contributed by atoms with Crippen LogP contribution < -0.4 is 5.32 Å². The first-order valence-corrected chi connectivity index (χ1v) is 10.2. The number of carbonyl (C=O) groups excluding carboxylic acids is 2. The summed E-state index contributed by atoms with van der Waals surface area (Å²) in [5.74, 6) is -0.138. The molecule has 29 heavy (non-hydrogen) atoms. The number of aromatic nitrogens is 1. The van der Waals surface area contributed by atoms with E-state index in [0.29, 0.717) is 37.9 Å². The summed E-state index contributed by atoms with van der Waals surface area (Å²) in [5.41, 5.74) is 0.0574. The molecule has 2 amide bonds. The molecule has 156 valence electrons. The van der Waals surface area contributed by atoms with Crippen molar-refractivity contribution in [2.45, 2.75) is 50.4 Å². The molecule has 1 aromatic heterocycles. The highest BCUT2D eigenvalue weighted by Gasteiger charge is 2.49. The van der Waals surface area contributed by atoms with Crippen molar-refractivity contribution >= 4 is 22.7 Å². The van der Waals surface area contributed by atoms with Gasteiger partial charge in [0.25, 0.3) is 5.91 Å². The van der Waals surface area contributed by atoms with Crippen molar-refractivity contribution in [1.29, 1.82) is 0 Å². The van der Waals surface area contributed by atoms with Gasteiger partial charge in [0.2, 0.25) is 5.91 Å². The van der Waals surface area contributed by atoms with Gasteiger partial charge in [-0.15, -0.1) is 0 Å². The maximum Gasteiger partial charge on any atom is 0.253 e. The first kappa shape index (κ1) is 19.9. The second-order valence-corrected chi connectivity index (χ2v) is 8.73. The Kier molecular flexibility index (Phi) is 4.91. The molecule has 2 saturated heterocycles. The number of amides is 2. The van der Waals surface area contributed by atoms with Gasteiger partial charge in [-0.05, 0) is 25.8 Å². The summed E-state index contributed by atoms with van der Waals surface area (Å²) in [5, 5.41) is 15.0. The minimum atomic E-state index is -1.09. The number of aryl methyl sites for hydroxylation is 1. The molecule has 4 rings (SSSR count). The number of nitrogens with one attached hydrogen (secondary N) is 1. The van der Waals surface area contributed by atoms with Gasteiger partial charge < -0.3 is 24.6 Å². The van der Waals surface area contributed by atoms with Gasteiger partial charge >= 0.3 is 0 Å². The van der Waals surface area contributed by atoms with E-state index in [4.69, 9.17) is 4.74 Å². The molecule has 2 aliphatic rings. The molecule has 0 bridgehead atoms. The van der Waals surface area contributed by atoms with Crippen molar-refractivity contribution in [3.8, 4) is 0 Å². The van der Waals surface area contributed by atoms with Gasteiger partial charge in [0.15, 0.2) is 0 Å². The standard InChI is InChI=1S/C22H29N3O4/c1-15(26)25-10-8-22(9-11-25)14-21(2,28)19(13-29-22)23-20(27)17-12-24(3)18-7-5-4-6-16(17)18/h4-7,12,19,28H,8-11,13-14H2,1-3H3,(H,23,27)/t19-,21-/m0/s1. The van der Waals surface area contributed by atoms with Crippen molar-refractivity contribution in [1.82, 2.24) is 14.8 Å². The number of fused-ring (bicyclic) bond motifs is 1. The summed E-state index contributed by atoms with van der Waals surface area (Å²) in [6.07, 6.45) is 3.66. The molecule has 2 aliphatic heterocycles. The number of aliphatic hydroxyl groups is 1. The van der Waals surface area contributed by atoms with Gasteiger partial charge in [-0.25, -0.2) is 0 Å². The van der Waals surface area contributed by atoms with E-state index < -0.39 is 17.2 Å². The number of hydrogen-bond acceptors (Lipinski definition) is 4. The number of benzene rings is 1. The summed E-state index contributed by atoms with van der Waals surface area (Å²) in [4.78, 5) is 26.4. The Morgan fingerprint density at radius 3 is 2.59 bits per heavy atom. The molecule has 2 aromatic rings. The van der Waals surface area contributed by atoms with Crippen LogP contribution in [0, 0.1) is 0 Å². The average molecular weight is 399 g/mol. The van der Waals surface area contributed by atoms with Crippen molar-refractivity contribution in [3.05, 3.63) is 36.0 Å². The number of nitrogens with zero attached hydrogens (tertiary/aromatic N) is 2. The zero-order valence-electron chi connectivity index (χ0n) is 17.3. The van der Waals surface area contributed by atoms with Crippen molar-refractivity contribution in [2.24, 2.45) is 7.05 Å². The van der Waals surface area contributed by atoms with E-state index in [2.05, 4.69) is 5.32 Å². The Balaban J connectivity index is 1.47. The topological polar surface area (TPSA) is 83.8 Å². The number of rotatable bonds is 2. The molecule has 3 heterocycles. The van der Waals surface area contributed by atoms with E-state index in [0.717, 1.165) is 10.9 Å².